The summed E-state index contributed by atoms with van der Waals surface area (Å²) in [4.78, 5) is 31.3. The summed E-state index contributed by atoms with van der Waals surface area (Å²) < 4.78 is 14.5. The molecule has 4 rings (SSSR count). The number of nitrogens with zero attached hydrogens (tertiary/aromatic N) is 2. The van der Waals surface area contributed by atoms with E-state index in [9.17, 15) is 14.0 Å². The maximum Gasteiger partial charge on any atom is 0.255 e. The van der Waals surface area contributed by atoms with Crippen LogP contribution in [0.25, 0.3) is 11.3 Å². The first-order chi connectivity index (χ1) is 13.9. The molecule has 5 nitrogen and oxygen atoms in total. The number of halogens is 1. The number of nitrogens with one attached hydrogen (secondary N) is 1. The third-order valence-corrected chi connectivity index (χ3v) is 5.88. The van der Waals surface area contributed by atoms with E-state index in [4.69, 9.17) is 0 Å². The van der Waals surface area contributed by atoms with Crippen molar-refractivity contribution >= 4 is 11.8 Å². The zero-order valence-electron chi connectivity index (χ0n) is 16.9. The molecule has 152 valence electrons. The van der Waals surface area contributed by atoms with Crippen molar-refractivity contribution in [1.29, 1.82) is 0 Å². The monoisotopic (exact) mass is 395 g/mol. The number of carbonyl (C=O) groups excluding carboxylic acids is 2. The lowest BCUT2D eigenvalue weighted by Crippen LogP contribution is -2.37. The van der Waals surface area contributed by atoms with Gasteiger partial charge >= 0.3 is 0 Å². The zero-order chi connectivity index (χ0) is 20.5. The van der Waals surface area contributed by atoms with Crippen molar-refractivity contribution in [2.24, 2.45) is 5.92 Å². The van der Waals surface area contributed by atoms with E-state index in [1.165, 1.54) is 6.07 Å². The number of benzene rings is 1. The Balaban J connectivity index is 1.56. The Morgan fingerprint density at radius 2 is 1.83 bits per heavy atom. The van der Waals surface area contributed by atoms with Gasteiger partial charge in [0.15, 0.2) is 0 Å². The van der Waals surface area contributed by atoms with Crippen LogP contribution in [0.4, 0.5) is 4.39 Å². The van der Waals surface area contributed by atoms with Crippen LogP contribution in [0.1, 0.15) is 58.9 Å². The molecule has 0 bridgehead atoms. The summed E-state index contributed by atoms with van der Waals surface area (Å²) in [5.74, 6) is -0.0650. The molecule has 1 saturated carbocycles. The molecular weight excluding hydrogens is 369 g/mol. The highest BCUT2D eigenvalue weighted by Gasteiger charge is 2.25. The normalized spacial score (nSPS) is 17.3. The summed E-state index contributed by atoms with van der Waals surface area (Å²) in [5, 5.41) is 2.88. The predicted molar refractivity (Wildman–Crippen MR) is 109 cm³/mol. The molecule has 0 radical (unpaired) electrons. The highest BCUT2D eigenvalue weighted by molar-refractivity contribution is 5.96. The van der Waals surface area contributed by atoms with Gasteiger partial charge in [0.2, 0.25) is 0 Å². The summed E-state index contributed by atoms with van der Waals surface area (Å²) in [7, 11) is 0. The third-order valence-electron chi connectivity index (χ3n) is 5.88. The highest BCUT2D eigenvalue weighted by Crippen LogP contribution is 2.27. The first kappa shape index (κ1) is 19.6. The van der Waals surface area contributed by atoms with Gasteiger partial charge in [0, 0.05) is 36.5 Å². The second kappa shape index (κ2) is 7.93. The van der Waals surface area contributed by atoms with E-state index in [2.05, 4.69) is 17.2 Å². The number of piperidine rings is 1. The van der Waals surface area contributed by atoms with Crippen LogP contribution < -0.4 is 5.32 Å². The van der Waals surface area contributed by atoms with Gasteiger partial charge in [-0.1, -0.05) is 6.92 Å². The molecule has 2 heterocycles. The highest BCUT2D eigenvalue weighted by atomic mass is 19.1. The van der Waals surface area contributed by atoms with Crippen LogP contribution in [0, 0.1) is 18.7 Å². The molecule has 1 aliphatic heterocycles. The van der Waals surface area contributed by atoms with Gasteiger partial charge in [0.25, 0.3) is 11.8 Å². The van der Waals surface area contributed by atoms with Gasteiger partial charge in [-0.05, 0) is 68.4 Å². The van der Waals surface area contributed by atoms with Crippen LogP contribution in [0.5, 0.6) is 0 Å². The fourth-order valence-electron chi connectivity index (χ4n) is 3.65. The molecule has 0 unspecified atom stereocenters. The van der Waals surface area contributed by atoms with Gasteiger partial charge in [-0.15, -0.1) is 0 Å². The molecule has 2 aromatic rings. The van der Waals surface area contributed by atoms with Gasteiger partial charge in [-0.3, -0.25) is 14.6 Å². The minimum absolute atomic E-state index is 0.0172. The Hall–Kier alpha value is -2.76. The van der Waals surface area contributed by atoms with Crippen LogP contribution >= 0.6 is 0 Å². The third kappa shape index (κ3) is 4.31. The molecule has 0 atom stereocenters. The Labute approximate surface area is 170 Å². The number of likely N-dealkylation sites (tertiary alicyclic amines) is 1. The number of rotatable bonds is 4. The molecule has 6 heteroatoms. The fraction of sp³-hybridized carbons (Fsp3) is 0.435. The maximum absolute atomic E-state index is 14.5. The van der Waals surface area contributed by atoms with Crippen molar-refractivity contribution in [2.75, 3.05) is 13.1 Å². The minimum Gasteiger partial charge on any atom is -0.349 e. The summed E-state index contributed by atoms with van der Waals surface area (Å²) in [6, 6.07) is 6.61. The standard InChI is InChI=1S/C23H26FN3O2/c1-14-7-9-27(10-8-14)23(29)16-3-6-21(25-13-16)19-11-17(12-20(24)15(19)2)22(28)26-18-4-5-18/h3,6,11-14,18H,4-5,7-10H2,1-2H3,(H,26,28). The Morgan fingerprint density at radius 1 is 1.10 bits per heavy atom. The van der Waals surface area contributed by atoms with Crippen molar-refractivity contribution in [3.05, 3.63) is 53.0 Å². The number of hydrogen-bond donors (Lipinski definition) is 1. The summed E-state index contributed by atoms with van der Waals surface area (Å²) in [5.41, 5.74) is 2.37. The molecule has 2 amide bonds. The lowest BCUT2D eigenvalue weighted by Gasteiger charge is -2.30. The fourth-order valence-corrected chi connectivity index (χ4v) is 3.65. The number of carbonyl (C=O) groups is 2. The first-order valence-electron chi connectivity index (χ1n) is 10.3. The predicted octanol–water partition coefficient (Wildman–Crippen LogP) is 3.96. The molecular formula is C23H26FN3O2. The first-order valence-corrected chi connectivity index (χ1v) is 10.3. The molecule has 0 spiro atoms. The number of pyridine rings is 1. The van der Waals surface area contributed by atoms with E-state index < -0.39 is 5.82 Å². The average Bonchev–Trinajstić information content (AvgIpc) is 3.54. The topological polar surface area (TPSA) is 62.3 Å². The second-order valence-corrected chi connectivity index (χ2v) is 8.29. The zero-order valence-corrected chi connectivity index (χ0v) is 16.9. The molecule has 29 heavy (non-hydrogen) atoms. The van der Waals surface area contributed by atoms with Crippen LogP contribution in [0.3, 0.4) is 0 Å². The van der Waals surface area contributed by atoms with E-state index in [0.29, 0.717) is 33.9 Å². The van der Waals surface area contributed by atoms with E-state index in [-0.39, 0.29) is 17.9 Å². The molecule has 1 aromatic carbocycles. The van der Waals surface area contributed by atoms with Crippen molar-refractivity contribution in [3.63, 3.8) is 0 Å². The lowest BCUT2D eigenvalue weighted by molar-refractivity contribution is 0.0696. The van der Waals surface area contributed by atoms with Gasteiger partial charge in [0.05, 0.1) is 11.3 Å². The summed E-state index contributed by atoms with van der Waals surface area (Å²) >= 11 is 0. The number of aromatic nitrogens is 1. The van der Waals surface area contributed by atoms with E-state index >= 15 is 0 Å². The Bertz CT molecular complexity index is 930. The second-order valence-electron chi connectivity index (χ2n) is 8.29. The van der Waals surface area contributed by atoms with Gasteiger partial charge in [0.1, 0.15) is 5.82 Å². The molecule has 2 aliphatic rings. The van der Waals surface area contributed by atoms with Crippen molar-refractivity contribution < 1.29 is 14.0 Å². The van der Waals surface area contributed by atoms with Gasteiger partial charge in [-0.2, -0.15) is 0 Å². The SMILES string of the molecule is Cc1c(F)cc(C(=O)NC2CC2)cc1-c1ccc(C(=O)N2CCC(C)CC2)cn1. The van der Waals surface area contributed by atoms with Crippen LogP contribution in [0.15, 0.2) is 30.5 Å². The summed E-state index contributed by atoms with van der Waals surface area (Å²) in [6.07, 6.45) is 5.53. The average molecular weight is 395 g/mol. The van der Waals surface area contributed by atoms with Crippen molar-refractivity contribution in [3.8, 4) is 11.3 Å². The van der Waals surface area contributed by atoms with Crippen LogP contribution in [0.2, 0.25) is 0 Å². The van der Waals surface area contributed by atoms with E-state index in [1.54, 1.807) is 31.3 Å². The molecule has 2 fully saturated rings. The Morgan fingerprint density at radius 3 is 2.45 bits per heavy atom. The van der Waals surface area contributed by atoms with Gasteiger partial charge in [-0.25, -0.2) is 4.39 Å². The largest absolute Gasteiger partial charge is 0.349 e. The quantitative estimate of drug-likeness (QED) is 0.852. The molecule has 1 aliphatic carbocycles. The van der Waals surface area contributed by atoms with Gasteiger partial charge < -0.3 is 10.2 Å². The minimum atomic E-state index is -0.437. The van der Waals surface area contributed by atoms with E-state index in [0.717, 1.165) is 38.8 Å². The number of amides is 2. The van der Waals surface area contributed by atoms with Crippen LogP contribution in [-0.4, -0.2) is 40.8 Å². The maximum atomic E-state index is 14.5. The van der Waals surface area contributed by atoms with E-state index in [1.807, 2.05) is 4.90 Å². The molecule has 1 saturated heterocycles. The van der Waals surface area contributed by atoms with Crippen LogP contribution in [-0.2, 0) is 0 Å². The lowest BCUT2D eigenvalue weighted by atomic mass is 9.98. The van der Waals surface area contributed by atoms with Crippen molar-refractivity contribution in [2.45, 2.75) is 45.6 Å². The van der Waals surface area contributed by atoms with Crippen molar-refractivity contribution in [1.82, 2.24) is 15.2 Å². The summed E-state index contributed by atoms with van der Waals surface area (Å²) in [6.45, 7) is 5.41. The smallest absolute Gasteiger partial charge is 0.255 e. The molecule has 1 aromatic heterocycles. The molecule has 1 N–H and O–H groups in total. The Kier molecular flexibility index (Phi) is 5.35. The number of hydrogen-bond acceptors (Lipinski definition) is 3.